The van der Waals surface area contributed by atoms with Crippen molar-refractivity contribution in [3.05, 3.63) is 71.8 Å². The van der Waals surface area contributed by atoms with Gasteiger partial charge in [-0.2, -0.15) is 0 Å². The maximum atomic E-state index is 12.1. The van der Waals surface area contributed by atoms with E-state index in [9.17, 15) is 9.59 Å². The molecule has 1 spiro atoms. The van der Waals surface area contributed by atoms with Crippen LogP contribution in [0.3, 0.4) is 0 Å². The highest BCUT2D eigenvalue weighted by Crippen LogP contribution is 2.33. The minimum atomic E-state index is -0.684. The molecule has 2 aromatic carbocycles. The van der Waals surface area contributed by atoms with Gasteiger partial charge in [0.2, 0.25) is 11.8 Å². The summed E-state index contributed by atoms with van der Waals surface area (Å²) in [6, 6.07) is 18.2. The zero-order chi connectivity index (χ0) is 20.0. The Bertz CT molecular complexity index is 789. The molecule has 1 aliphatic heterocycles. The monoisotopic (exact) mass is 380 g/mol. The van der Waals surface area contributed by atoms with Crippen molar-refractivity contribution >= 4 is 11.8 Å². The van der Waals surface area contributed by atoms with Crippen LogP contribution in [0.25, 0.3) is 0 Å². The van der Waals surface area contributed by atoms with Gasteiger partial charge in [0.25, 0.3) is 0 Å². The normalized spacial score (nSPS) is 21.3. The van der Waals surface area contributed by atoms with Crippen molar-refractivity contribution < 1.29 is 9.59 Å². The number of nitrogens with two attached hydrogens (primary N) is 2. The summed E-state index contributed by atoms with van der Waals surface area (Å²) in [4.78, 5) is 22.7. The summed E-state index contributed by atoms with van der Waals surface area (Å²) in [5.41, 5.74) is 12.2. The lowest BCUT2D eigenvalue weighted by molar-refractivity contribution is -0.121. The van der Waals surface area contributed by atoms with Crippen LogP contribution in [-0.2, 0) is 9.59 Å². The number of carbonyl (C=O) groups excluding carboxylic acids is 2. The lowest BCUT2D eigenvalue weighted by atomic mass is 9.89. The van der Waals surface area contributed by atoms with Gasteiger partial charge in [0.1, 0.15) is 12.1 Å². The third-order valence-corrected chi connectivity index (χ3v) is 5.35. The van der Waals surface area contributed by atoms with Crippen molar-refractivity contribution in [2.45, 2.75) is 49.9 Å². The van der Waals surface area contributed by atoms with E-state index in [2.05, 4.69) is 10.6 Å². The fourth-order valence-electron chi connectivity index (χ4n) is 3.82. The molecule has 1 saturated carbocycles. The maximum Gasteiger partial charge on any atom is 0.243 e. The Kier molecular flexibility index (Phi) is 6.44. The summed E-state index contributed by atoms with van der Waals surface area (Å²) in [6.07, 6.45) is 5.81. The SMILES string of the molecule is NC(=O)C(N)c1ccccc1.O=C1NC2(CCCCC2)NC1c1ccccc1. The fraction of sp³-hybridized carbons (Fsp3) is 0.364. The average molecular weight is 380 g/mol. The van der Waals surface area contributed by atoms with E-state index >= 15 is 0 Å². The predicted molar refractivity (Wildman–Crippen MR) is 109 cm³/mol. The molecule has 2 unspecified atom stereocenters. The number of hydrogen-bond donors (Lipinski definition) is 4. The summed E-state index contributed by atoms with van der Waals surface area (Å²) < 4.78 is 0. The summed E-state index contributed by atoms with van der Waals surface area (Å²) in [5.74, 6) is -0.380. The summed E-state index contributed by atoms with van der Waals surface area (Å²) >= 11 is 0. The van der Waals surface area contributed by atoms with Crippen LogP contribution in [0.5, 0.6) is 0 Å². The Morgan fingerprint density at radius 1 is 0.964 bits per heavy atom. The molecule has 2 atom stereocenters. The molecule has 2 amide bonds. The molecule has 6 N–H and O–H groups in total. The van der Waals surface area contributed by atoms with Gasteiger partial charge in [-0.05, 0) is 36.8 Å². The maximum absolute atomic E-state index is 12.1. The van der Waals surface area contributed by atoms with Gasteiger partial charge in [0.05, 0.1) is 5.66 Å². The Labute approximate surface area is 165 Å². The van der Waals surface area contributed by atoms with Gasteiger partial charge >= 0.3 is 0 Å². The van der Waals surface area contributed by atoms with Crippen LogP contribution in [0, 0.1) is 0 Å². The van der Waals surface area contributed by atoms with E-state index in [1.165, 1.54) is 19.3 Å². The standard InChI is InChI=1S/C14H18N2O.C8H10N2O/c17-13-12(11-7-3-1-4-8-11)15-14(16-13)9-5-2-6-10-14;9-7(8(10)11)6-4-2-1-3-5-6/h1,3-4,7-8,12,15H,2,5-6,9-10H2,(H,16,17);1-5,7H,9H2,(H2,10,11). The molecular weight excluding hydrogens is 352 g/mol. The average Bonchev–Trinajstić information content (AvgIpc) is 3.05. The molecule has 4 rings (SSSR count). The van der Waals surface area contributed by atoms with E-state index in [0.29, 0.717) is 0 Å². The van der Waals surface area contributed by atoms with E-state index in [1.54, 1.807) is 12.1 Å². The lowest BCUT2D eigenvalue weighted by Crippen LogP contribution is -2.51. The van der Waals surface area contributed by atoms with Crippen molar-refractivity contribution in [3.8, 4) is 0 Å². The molecule has 2 fully saturated rings. The van der Waals surface area contributed by atoms with Gasteiger partial charge in [0.15, 0.2) is 0 Å². The molecule has 1 saturated heterocycles. The Balaban J connectivity index is 0.000000178. The van der Waals surface area contributed by atoms with Crippen molar-refractivity contribution in [1.82, 2.24) is 10.6 Å². The lowest BCUT2D eigenvalue weighted by Gasteiger charge is -2.33. The Hall–Kier alpha value is -2.70. The summed E-state index contributed by atoms with van der Waals surface area (Å²) in [7, 11) is 0. The van der Waals surface area contributed by atoms with Gasteiger partial charge in [-0.3, -0.25) is 14.9 Å². The van der Waals surface area contributed by atoms with Crippen LogP contribution in [0.1, 0.15) is 55.3 Å². The van der Waals surface area contributed by atoms with Crippen molar-refractivity contribution in [2.75, 3.05) is 0 Å². The van der Waals surface area contributed by atoms with E-state index in [-0.39, 0.29) is 17.6 Å². The van der Waals surface area contributed by atoms with E-state index in [0.717, 1.165) is 24.0 Å². The first kappa shape index (κ1) is 20.0. The predicted octanol–water partition coefficient (Wildman–Crippen LogP) is 2.28. The zero-order valence-corrected chi connectivity index (χ0v) is 15.9. The molecule has 28 heavy (non-hydrogen) atoms. The van der Waals surface area contributed by atoms with Gasteiger partial charge in [-0.25, -0.2) is 0 Å². The molecule has 6 heteroatoms. The topological polar surface area (TPSA) is 110 Å². The molecule has 148 valence electrons. The minimum absolute atomic E-state index is 0.123. The highest BCUT2D eigenvalue weighted by atomic mass is 16.2. The largest absolute Gasteiger partial charge is 0.368 e. The summed E-state index contributed by atoms with van der Waals surface area (Å²) in [6.45, 7) is 0. The van der Waals surface area contributed by atoms with Crippen LogP contribution >= 0.6 is 0 Å². The first-order valence-corrected chi connectivity index (χ1v) is 9.75. The molecule has 0 aromatic heterocycles. The molecule has 2 aromatic rings. The van der Waals surface area contributed by atoms with Gasteiger partial charge < -0.3 is 16.8 Å². The smallest absolute Gasteiger partial charge is 0.243 e. The van der Waals surface area contributed by atoms with Crippen LogP contribution in [0.4, 0.5) is 0 Å². The first-order chi connectivity index (χ1) is 13.5. The Morgan fingerprint density at radius 2 is 1.54 bits per heavy atom. The molecule has 0 radical (unpaired) electrons. The number of carbonyl (C=O) groups is 2. The highest BCUT2D eigenvalue weighted by molar-refractivity contribution is 5.86. The number of nitrogens with one attached hydrogen (secondary N) is 2. The van der Waals surface area contributed by atoms with Crippen molar-refractivity contribution in [3.63, 3.8) is 0 Å². The quantitative estimate of drug-likeness (QED) is 0.655. The van der Waals surface area contributed by atoms with Gasteiger partial charge in [-0.15, -0.1) is 0 Å². The van der Waals surface area contributed by atoms with Crippen LogP contribution < -0.4 is 22.1 Å². The van der Waals surface area contributed by atoms with Crippen LogP contribution in [0.2, 0.25) is 0 Å². The van der Waals surface area contributed by atoms with Gasteiger partial charge in [0, 0.05) is 0 Å². The molecular formula is C22H28N4O2. The second-order valence-electron chi connectivity index (χ2n) is 7.41. The van der Waals surface area contributed by atoms with E-state index < -0.39 is 11.9 Å². The number of benzene rings is 2. The minimum Gasteiger partial charge on any atom is -0.368 e. The molecule has 0 bridgehead atoms. The van der Waals surface area contributed by atoms with E-state index in [4.69, 9.17) is 11.5 Å². The zero-order valence-electron chi connectivity index (χ0n) is 15.9. The highest BCUT2D eigenvalue weighted by Gasteiger charge is 2.44. The number of rotatable bonds is 3. The summed E-state index contributed by atoms with van der Waals surface area (Å²) in [5, 5.41) is 6.68. The molecule has 6 nitrogen and oxygen atoms in total. The van der Waals surface area contributed by atoms with Crippen LogP contribution in [0.15, 0.2) is 60.7 Å². The fourth-order valence-corrected chi connectivity index (χ4v) is 3.82. The number of amides is 2. The third-order valence-electron chi connectivity index (χ3n) is 5.35. The van der Waals surface area contributed by atoms with E-state index in [1.807, 2.05) is 48.5 Å². The third kappa shape index (κ3) is 4.77. The first-order valence-electron chi connectivity index (χ1n) is 9.75. The molecule has 1 aliphatic carbocycles. The molecule has 1 heterocycles. The Morgan fingerprint density at radius 3 is 2.11 bits per heavy atom. The second-order valence-corrected chi connectivity index (χ2v) is 7.41. The van der Waals surface area contributed by atoms with Crippen molar-refractivity contribution in [2.24, 2.45) is 11.5 Å². The molecule has 2 aliphatic rings. The second kappa shape index (κ2) is 8.99. The number of primary amides is 1. The number of hydrogen-bond acceptors (Lipinski definition) is 4. The van der Waals surface area contributed by atoms with Crippen molar-refractivity contribution in [1.29, 1.82) is 0 Å². The van der Waals surface area contributed by atoms with Crippen LogP contribution in [-0.4, -0.2) is 17.5 Å². The van der Waals surface area contributed by atoms with Gasteiger partial charge in [-0.1, -0.05) is 67.1 Å².